The highest BCUT2D eigenvalue weighted by atomic mass is 19.1. The van der Waals surface area contributed by atoms with Crippen LogP contribution in [0, 0.1) is 5.82 Å². The monoisotopic (exact) mass is 217 g/mol. The lowest BCUT2D eigenvalue weighted by atomic mass is 10.2. The van der Waals surface area contributed by atoms with Crippen LogP contribution in [0.15, 0.2) is 48.8 Å². The maximum Gasteiger partial charge on any atom is 0.346 e. The van der Waals surface area contributed by atoms with Crippen LogP contribution >= 0.6 is 0 Å². The summed E-state index contributed by atoms with van der Waals surface area (Å²) in [6.45, 7) is 0. The molecule has 0 aliphatic heterocycles. The van der Waals surface area contributed by atoms with Gasteiger partial charge in [-0.15, -0.1) is 0 Å². The first-order chi connectivity index (χ1) is 7.77. The van der Waals surface area contributed by atoms with E-state index < -0.39 is 11.8 Å². The lowest BCUT2D eigenvalue weighted by molar-refractivity contribution is 0.0729. The van der Waals surface area contributed by atoms with Gasteiger partial charge in [0.05, 0.1) is 11.8 Å². The van der Waals surface area contributed by atoms with Gasteiger partial charge in [0, 0.05) is 6.20 Å². The molecule has 0 fully saturated rings. The van der Waals surface area contributed by atoms with Gasteiger partial charge in [0.1, 0.15) is 11.6 Å². The van der Waals surface area contributed by atoms with Crippen LogP contribution in [0.3, 0.4) is 0 Å². The van der Waals surface area contributed by atoms with Crippen LogP contribution in [0.2, 0.25) is 0 Å². The number of carbonyl (C=O) groups is 1. The van der Waals surface area contributed by atoms with E-state index in [1.165, 1.54) is 24.4 Å². The molecule has 0 atom stereocenters. The third-order valence-electron chi connectivity index (χ3n) is 1.94. The SMILES string of the molecule is O=C(Oc1cccnc1)c1ccccc1F. The zero-order valence-electron chi connectivity index (χ0n) is 8.26. The molecule has 0 saturated heterocycles. The van der Waals surface area contributed by atoms with Crippen molar-refractivity contribution in [2.45, 2.75) is 0 Å². The molecule has 2 rings (SSSR count). The molecular weight excluding hydrogens is 209 g/mol. The first-order valence-electron chi connectivity index (χ1n) is 4.64. The molecule has 0 spiro atoms. The van der Waals surface area contributed by atoms with Crippen molar-refractivity contribution in [2.24, 2.45) is 0 Å². The number of pyridine rings is 1. The second kappa shape index (κ2) is 4.53. The summed E-state index contributed by atoms with van der Waals surface area (Å²) < 4.78 is 18.2. The summed E-state index contributed by atoms with van der Waals surface area (Å²) in [6.07, 6.45) is 2.94. The zero-order valence-corrected chi connectivity index (χ0v) is 8.26. The van der Waals surface area contributed by atoms with Crippen molar-refractivity contribution >= 4 is 5.97 Å². The second-order valence-electron chi connectivity index (χ2n) is 3.06. The number of esters is 1. The Morgan fingerprint density at radius 1 is 1.19 bits per heavy atom. The van der Waals surface area contributed by atoms with Gasteiger partial charge in [-0.3, -0.25) is 4.98 Å². The smallest absolute Gasteiger partial charge is 0.346 e. The number of halogens is 1. The number of ether oxygens (including phenoxy) is 1. The lowest BCUT2D eigenvalue weighted by Gasteiger charge is -2.03. The Morgan fingerprint density at radius 3 is 2.69 bits per heavy atom. The summed E-state index contributed by atoms with van der Waals surface area (Å²) in [6, 6.07) is 8.86. The molecule has 0 aliphatic rings. The minimum Gasteiger partial charge on any atom is -0.421 e. The molecule has 1 aromatic carbocycles. The van der Waals surface area contributed by atoms with E-state index in [1.807, 2.05) is 0 Å². The van der Waals surface area contributed by atoms with Crippen LogP contribution in [-0.4, -0.2) is 11.0 Å². The van der Waals surface area contributed by atoms with Crippen LogP contribution in [0.1, 0.15) is 10.4 Å². The maximum atomic E-state index is 13.2. The van der Waals surface area contributed by atoms with Gasteiger partial charge in [-0.25, -0.2) is 9.18 Å². The van der Waals surface area contributed by atoms with Gasteiger partial charge in [0.15, 0.2) is 0 Å². The Hall–Kier alpha value is -2.23. The van der Waals surface area contributed by atoms with Crippen LogP contribution in [0.4, 0.5) is 4.39 Å². The molecule has 1 heterocycles. The Bertz CT molecular complexity index is 499. The van der Waals surface area contributed by atoms with Crippen molar-refractivity contribution in [1.29, 1.82) is 0 Å². The molecule has 0 saturated carbocycles. The minimum absolute atomic E-state index is 0.0913. The summed E-state index contributed by atoms with van der Waals surface area (Å²) in [5.74, 6) is -1.04. The third-order valence-corrected chi connectivity index (χ3v) is 1.94. The van der Waals surface area contributed by atoms with Crippen LogP contribution in [0.25, 0.3) is 0 Å². The Kier molecular flexibility index (Phi) is 2.91. The first kappa shape index (κ1) is 10.3. The quantitative estimate of drug-likeness (QED) is 0.725. The molecule has 0 N–H and O–H groups in total. The average Bonchev–Trinajstić information content (AvgIpc) is 2.31. The number of nitrogens with zero attached hydrogens (tertiary/aromatic N) is 1. The Morgan fingerprint density at radius 2 is 2.00 bits per heavy atom. The van der Waals surface area contributed by atoms with Crippen molar-refractivity contribution in [3.63, 3.8) is 0 Å². The van der Waals surface area contributed by atoms with Gasteiger partial charge < -0.3 is 4.74 Å². The number of rotatable bonds is 2. The van der Waals surface area contributed by atoms with Gasteiger partial charge in [-0.05, 0) is 24.3 Å². The predicted octanol–water partition coefficient (Wildman–Crippen LogP) is 2.44. The molecule has 4 heteroatoms. The van der Waals surface area contributed by atoms with E-state index >= 15 is 0 Å². The number of carbonyl (C=O) groups excluding carboxylic acids is 1. The molecule has 3 nitrogen and oxygen atoms in total. The lowest BCUT2D eigenvalue weighted by Crippen LogP contribution is -2.10. The molecule has 1 aromatic heterocycles. The highest BCUT2D eigenvalue weighted by Crippen LogP contribution is 2.12. The second-order valence-corrected chi connectivity index (χ2v) is 3.06. The largest absolute Gasteiger partial charge is 0.421 e. The van der Waals surface area contributed by atoms with E-state index in [2.05, 4.69) is 4.98 Å². The number of hydrogen-bond donors (Lipinski definition) is 0. The van der Waals surface area contributed by atoms with E-state index in [-0.39, 0.29) is 11.3 Å². The van der Waals surface area contributed by atoms with E-state index in [1.54, 1.807) is 24.4 Å². The Labute approximate surface area is 91.5 Å². The topological polar surface area (TPSA) is 39.2 Å². The summed E-state index contributed by atoms with van der Waals surface area (Å²) in [5.41, 5.74) is -0.0913. The average molecular weight is 217 g/mol. The predicted molar refractivity (Wildman–Crippen MR) is 55.6 cm³/mol. The molecule has 16 heavy (non-hydrogen) atoms. The van der Waals surface area contributed by atoms with Gasteiger partial charge in [0.2, 0.25) is 0 Å². The van der Waals surface area contributed by atoms with Crippen molar-refractivity contribution in [3.8, 4) is 5.75 Å². The Balaban J connectivity index is 2.19. The molecule has 0 unspecified atom stereocenters. The van der Waals surface area contributed by atoms with E-state index in [4.69, 9.17) is 4.74 Å². The fourth-order valence-electron chi connectivity index (χ4n) is 1.20. The molecular formula is C12H8FNO2. The van der Waals surface area contributed by atoms with Crippen LogP contribution in [0.5, 0.6) is 5.75 Å². The standard InChI is InChI=1S/C12H8FNO2/c13-11-6-2-1-5-10(11)12(15)16-9-4-3-7-14-8-9/h1-8H. The molecule has 0 aliphatic carbocycles. The number of aromatic nitrogens is 1. The normalized spacial score (nSPS) is 9.81. The van der Waals surface area contributed by atoms with Gasteiger partial charge in [0.25, 0.3) is 0 Å². The van der Waals surface area contributed by atoms with Crippen LogP contribution in [-0.2, 0) is 0 Å². The van der Waals surface area contributed by atoms with E-state index in [9.17, 15) is 9.18 Å². The molecule has 0 amide bonds. The highest BCUT2D eigenvalue weighted by molar-refractivity contribution is 5.91. The van der Waals surface area contributed by atoms with Gasteiger partial charge in [-0.2, -0.15) is 0 Å². The van der Waals surface area contributed by atoms with E-state index in [0.29, 0.717) is 0 Å². The summed E-state index contributed by atoms with van der Waals surface area (Å²) >= 11 is 0. The zero-order chi connectivity index (χ0) is 11.4. The summed E-state index contributed by atoms with van der Waals surface area (Å²) in [5, 5.41) is 0. The number of benzene rings is 1. The third kappa shape index (κ3) is 2.23. The molecule has 80 valence electrons. The fraction of sp³-hybridized carbons (Fsp3) is 0. The van der Waals surface area contributed by atoms with Crippen LogP contribution < -0.4 is 4.74 Å². The minimum atomic E-state index is -0.730. The summed E-state index contributed by atoms with van der Waals surface area (Å²) in [4.78, 5) is 15.3. The van der Waals surface area contributed by atoms with Crippen molar-refractivity contribution in [3.05, 3.63) is 60.2 Å². The van der Waals surface area contributed by atoms with Crippen molar-refractivity contribution < 1.29 is 13.9 Å². The van der Waals surface area contributed by atoms with Gasteiger partial charge in [-0.1, -0.05) is 12.1 Å². The number of hydrogen-bond acceptors (Lipinski definition) is 3. The molecule has 0 bridgehead atoms. The van der Waals surface area contributed by atoms with Crippen molar-refractivity contribution in [2.75, 3.05) is 0 Å². The first-order valence-corrected chi connectivity index (χ1v) is 4.64. The van der Waals surface area contributed by atoms with Crippen molar-refractivity contribution in [1.82, 2.24) is 4.98 Å². The fourth-order valence-corrected chi connectivity index (χ4v) is 1.20. The molecule has 0 radical (unpaired) electrons. The maximum absolute atomic E-state index is 13.2. The highest BCUT2D eigenvalue weighted by Gasteiger charge is 2.12. The molecule has 2 aromatic rings. The summed E-state index contributed by atoms with van der Waals surface area (Å²) in [7, 11) is 0. The van der Waals surface area contributed by atoms with E-state index in [0.717, 1.165) is 0 Å². The van der Waals surface area contributed by atoms with Gasteiger partial charge >= 0.3 is 5.97 Å².